The minimum Gasteiger partial charge on any atom is -0.309 e. The Morgan fingerprint density at radius 3 is 2.44 bits per heavy atom. The van der Waals surface area contributed by atoms with Crippen molar-refractivity contribution in [2.75, 3.05) is 0 Å². The molecular weight excluding hydrogens is 244 g/mol. The predicted octanol–water partition coefficient (Wildman–Crippen LogP) is 3.64. The minimum absolute atomic E-state index is 0.793. The summed E-state index contributed by atoms with van der Waals surface area (Å²) in [5.74, 6) is 0. The molecule has 0 spiro atoms. The molecule has 0 aliphatic carbocycles. The van der Waals surface area contributed by atoms with Crippen LogP contribution in [0.2, 0.25) is 5.02 Å². The van der Waals surface area contributed by atoms with Gasteiger partial charge in [0.1, 0.15) is 0 Å². The molecule has 0 saturated heterocycles. The molecule has 0 radical (unpaired) electrons. The highest BCUT2D eigenvalue weighted by molar-refractivity contribution is 6.30. The zero-order valence-corrected chi connectivity index (χ0v) is 11.5. The second kappa shape index (κ2) is 5.98. The van der Waals surface area contributed by atoms with Crippen molar-refractivity contribution in [3.63, 3.8) is 0 Å². The Kier molecular flexibility index (Phi) is 4.34. The van der Waals surface area contributed by atoms with E-state index < -0.39 is 0 Å². The first-order chi connectivity index (χ1) is 8.66. The fraction of sp³-hybridized carbons (Fsp3) is 0.267. The smallest absolute Gasteiger partial charge is 0.0408 e. The molecule has 0 atom stereocenters. The number of hydrogen-bond donors (Lipinski definition) is 1. The maximum absolute atomic E-state index is 5.94. The summed E-state index contributed by atoms with van der Waals surface area (Å²) in [5, 5.41) is 4.24. The van der Waals surface area contributed by atoms with Crippen LogP contribution in [-0.2, 0) is 13.1 Å². The van der Waals surface area contributed by atoms with Crippen LogP contribution in [0.5, 0.6) is 0 Å². The molecule has 0 bridgehead atoms. The summed E-state index contributed by atoms with van der Waals surface area (Å²) >= 11 is 5.94. The Balaban J connectivity index is 1.95. The molecule has 0 aliphatic rings. The minimum atomic E-state index is 0.793. The van der Waals surface area contributed by atoms with Gasteiger partial charge in [-0.05, 0) is 54.3 Å². The van der Waals surface area contributed by atoms with Gasteiger partial charge >= 0.3 is 0 Å². The van der Waals surface area contributed by atoms with Gasteiger partial charge in [-0.1, -0.05) is 17.7 Å². The van der Waals surface area contributed by atoms with Crippen molar-refractivity contribution in [1.82, 2.24) is 10.3 Å². The zero-order valence-electron chi connectivity index (χ0n) is 10.7. The Labute approximate surface area is 113 Å². The van der Waals surface area contributed by atoms with Gasteiger partial charge in [-0.15, -0.1) is 0 Å². The van der Waals surface area contributed by atoms with Gasteiger partial charge in [0, 0.05) is 30.5 Å². The van der Waals surface area contributed by atoms with Crippen LogP contribution in [0.3, 0.4) is 0 Å². The van der Waals surface area contributed by atoms with E-state index in [1.807, 2.05) is 24.5 Å². The maximum atomic E-state index is 5.94. The lowest BCUT2D eigenvalue weighted by Crippen LogP contribution is -2.14. The van der Waals surface area contributed by atoms with Crippen LogP contribution < -0.4 is 5.32 Å². The number of pyridine rings is 1. The van der Waals surface area contributed by atoms with Crippen LogP contribution in [0.4, 0.5) is 0 Å². The monoisotopic (exact) mass is 260 g/mol. The van der Waals surface area contributed by atoms with Crippen LogP contribution in [0.1, 0.15) is 22.3 Å². The van der Waals surface area contributed by atoms with E-state index in [4.69, 9.17) is 11.6 Å². The molecule has 3 heteroatoms. The average molecular weight is 261 g/mol. The van der Waals surface area contributed by atoms with Gasteiger partial charge in [0.25, 0.3) is 0 Å². The summed E-state index contributed by atoms with van der Waals surface area (Å²) in [6.45, 7) is 5.87. The number of nitrogens with zero attached hydrogens (tertiary/aromatic N) is 1. The summed E-state index contributed by atoms with van der Waals surface area (Å²) in [6, 6.07) is 8.06. The molecule has 1 N–H and O–H groups in total. The molecule has 0 unspecified atom stereocenters. The lowest BCUT2D eigenvalue weighted by atomic mass is 10.1. The van der Waals surface area contributed by atoms with Crippen LogP contribution in [-0.4, -0.2) is 4.98 Å². The van der Waals surface area contributed by atoms with Crippen molar-refractivity contribution in [3.8, 4) is 0 Å². The van der Waals surface area contributed by atoms with Gasteiger partial charge in [-0.25, -0.2) is 0 Å². The third-order valence-electron chi connectivity index (χ3n) is 3.07. The van der Waals surface area contributed by atoms with Crippen molar-refractivity contribution in [2.24, 2.45) is 0 Å². The van der Waals surface area contributed by atoms with Crippen molar-refractivity contribution < 1.29 is 0 Å². The standard InChI is InChI=1S/C15H17ClN2/c1-11-7-15(16)4-3-13(11)9-18-10-14-5-6-17-8-12(14)2/h3-8,18H,9-10H2,1-2H3. The Hall–Kier alpha value is -1.38. The average Bonchev–Trinajstić information content (AvgIpc) is 2.34. The van der Waals surface area contributed by atoms with Gasteiger partial charge in [0.05, 0.1) is 0 Å². The predicted molar refractivity (Wildman–Crippen MR) is 75.7 cm³/mol. The largest absolute Gasteiger partial charge is 0.309 e. The molecule has 0 fully saturated rings. The molecule has 2 nitrogen and oxygen atoms in total. The number of halogens is 1. The van der Waals surface area contributed by atoms with Crippen molar-refractivity contribution >= 4 is 11.6 Å². The van der Waals surface area contributed by atoms with Gasteiger partial charge < -0.3 is 5.32 Å². The SMILES string of the molecule is Cc1cnccc1CNCc1ccc(Cl)cc1C. The Bertz CT molecular complexity index is 538. The molecular formula is C15H17ClN2. The zero-order chi connectivity index (χ0) is 13.0. The number of aryl methyl sites for hydroxylation is 2. The number of hydrogen-bond acceptors (Lipinski definition) is 2. The van der Waals surface area contributed by atoms with E-state index in [-0.39, 0.29) is 0 Å². The third kappa shape index (κ3) is 3.31. The van der Waals surface area contributed by atoms with Crippen LogP contribution >= 0.6 is 11.6 Å². The lowest BCUT2D eigenvalue weighted by molar-refractivity contribution is 0.687. The van der Waals surface area contributed by atoms with Gasteiger partial charge in [-0.2, -0.15) is 0 Å². The number of rotatable bonds is 4. The molecule has 94 valence electrons. The molecule has 18 heavy (non-hydrogen) atoms. The van der Waals surface area contributed by atoms with Crippen molar-refractivity contribution in [2.45, 2.75) is 26.9 Å². The summed E-state index contributed by atoms with van der Waals surface area (Å²) in [4.78, 5) is 4.09. The van der Waals surface area contributed by atoms with E-state index >= 15 is 0 Å². The molecule has 2 aromatic rings. The number of nitrogens with one attached hydrogen (secondary N) is 1. The molecule has 2 rings (SSSR count). The van der Waals surface area contributed by atoms with Crippen LogP contribution in [0.25, 0.3) is 0 Å². The molecule has 1 aromatic heterocycles. The number of benzene rings is 1. The van der Waals surface area contributed by atoms with Crippen LogP contribution in [0, 0.1) is 13.8 Å². The van der Waals surface area contributed by atoms with E-state index in [1.165, 1.54) is 22.3 Å². The first-order valence-electron chi connectivity index (χ1n) is 6.02. The first-order valence-corrected chi connectivity index (χ1v) is 6.40. The van der Waals surface area contributed by atoms with E-state index in [2.05, 4.69) is 36.3 Å². The normalized spacial score (nSPS) is 10.6. The highest BCUT2D eigenvalue weighted by Gasteiger charge is 2.00. The molecule has 0 saturated carbocycles. The van der Waals surface area contributed by atoms with E-state index in [0.717, 1.165) is 18.1 Å². The van der Waals surface area contributed by atoms with Gasteiger partial charge in [0.2, 0.25) is 0 Å². The maximum Gasteiger partial charge on any atom is 0.0408 e. The molecule has 1 heterocycles. The molecule has 0 amide bonds. The molecule has 0 aliphatic heterocycles. The quantitative estimate of drug-likeness (QED) is 0.908. The fourth-order valence-corrected chi connectivity index (χ4v) is 2.12. The summed E-state index contributed by atoms with van der Waals surface area (Å²) in [5.41, 5.74) is 5.02. The van der Waals surface area contributed by atoms with Crippen LogP contribution in [0.15, 0.2) is 36.7 Å². The lowest BCUT2D eigenvalue weighted by Gasteiger charge is -2.09. The second-order valence-corrected chi connectivity index (χ2v) is 4.91. The van der Waals surface area contributed by atoms with Gasteiger partial charge in [0.15, 0.2) is 0 Å². The van der Waals surface area contributed by atoms with E-state index in [1.54, 1.807) is 0 Å². The third-order valence-corrected chi connectivity index (χ3v) is 3.31. The summed E-state index contributed by atoms with van der Waals surface area (Å²) in [6.07, 6.45) is 3.72. The Morgan fingerprint density at radius 2 is 1.78 bits per heavy atom. The fourth-order valence-electron chi connectivity index (χ4n) is 1.89. The summed E-state index contributed by atoms with van der Waals surface area (Å²) < 4.78 is 0. The van der Waals surface area contributed by atoms with E-state index in [9.17, 15) is 0 Å². The molecule has 1 aromatic carbocycles. The van der Waals surface area contributed by atoms with Gasteiger partial charge in [-0.3, -0.25) is 4.98 Å². The number of aromatic nitrogens is 1. The van der Waals surface area contributed by atoms with Crippen molar-refractivity contribution in [1.29, 1.82) is 0 Å². The van der Waals surface area contributed by atoms with Crippen molar-refractivity contribution in [3.05, 3.63) is 63.9 Å². The first kappa shape index (κ1) is 13.1. The summed E-state index contributed by atoms with van der Waals surface area (Å²) in [7, 11) is 0. The highest BCUT2D eigenvalue weighted by Crippen LogP contribution is 2.15. The van der Waals surface area contributed by atoms with E-state index in [0.29, 0.717) is 0 Å². The Morgan fingerprint density at radius 1 is 1.06 bits per heavy atom. The highest BCUT2D eigenvalue weighted by atomic mass is 35.5. The second-order valence-electron chi connectivity index (χ2n) is 4.48. The topological polar surface area (TPSA) is 24.9 Å².